The first kappa shape index (κ1) is 18.3. The van der Waals surface area contributed by atoms with Gasteiger partial charge < -0.3 is 14.2 Å². The van der Waals surface area contributed by atoms with E-state index in [0.29, 0.717) is 5.56 Å². The quantitative estimate of drug-likeness (QED) is 0.741. The van der Waals surface area contributed by atoms with E-state index in [9.17, 15) is 4.79 Å². The van der Waals surface area contributed by atoms with Crippen molar-refractivity contribution in [3.05, 3.63) is 53.5 Å². The van der Waals surface area contributed by atoms with Crippen molar-refractivity contribution in [2.75, 3.05) is 33.2 Å². The number of piperazine rings is 1. The molecule has 0 atom stereocenters. The minimum Gasteiger partial charge on any atom is -0.464 e. The highest BCUT2D eigenvalue weighted by atomic mass is 16.3. The number of amides is 1. The fourth-order valence-electron chi connectivity index (χ4n) is 2.66. The predicted molar refractivity (Wildman–Crippen MR) is 98.9 cm³/mol. The van der Waals surface area contributed by atoms with Crippen LogP contribution in [0.2, 0.25) is 0 Å². The van der Waals surface area contributed by atoms with E-state index in [0.717, 1.165) is 44.8 Å². The van der Waals surface area contributed by atoms with E-state index in [1.807, 2.05) is 23.1 Å². The number of carbonyl (C=O) groups excluding carboxylic acids is 1. The fourth-order valence-corrected chi connectivity index (χ4v) is 2.66. The van der Waals surface area contributed by atoms with Gasteiger partial charge >= 0.3 is 0 Å². The number of furan rings is 1. The molecule has 1 saturated heterocycles. The van der Waals surface area contributed by atoms with Crippen molar-refractivity contribution in [3.63, 3.8) is 0 Å². The SMILES string of the molecule is C=C/C(C)=C\CC/C(C)=C/c1cc(C(=O)N2CCN(C)CC2)co1. The number of likely N-dealkylation sites (N-methyl/N-ethyl adjacent to an activating group) is 1. The molecule has 2 heterocycles. The van der Waals surface area contributed by atoms with E-state index in [4.69, 9.17) is 4.42 Å². The van der Waals surface area contributed by atoms with E-state index in [-0.39, 0.29) is 5.91 Å². The lowest BCUT2D eigenvalue weighted by Crippen LogP contribution is -2.47. The Morgan fingerprint density at radius 1 is 1.29 bits per heavy atom. The Morgan fingerprint density at radius 3 is 2.67 bits per heavy atom. The average molecular weight is 328 g/mol. The lowest BCUT2D eigenvalue weighted by molar-refractivity contribution is 0.0663. The molecule has 1 fully saturated rings. The van der Waals surface area contributed by atoms with Crippen LogP contribution in [0.5, 0.6) is 0 Å². The van der Waals surface area contributed by atoms with Gasteiger partial charge in [0.1, 0.15) is 12.0 Å². The first-order chi connectivity index (χ1) is 11.5. The summed E-state index contributed by atoms with van der Waals surface area (Å²) in [5, 5.41) is 0. The van der Waals surface area contributed by atoms with Crippen molar-refractivity contribution >= 4 is 12.0 Å². The van der Waals surface area contributed by atoms with Gasteiger partial charge in [0.15, 0.2) is 0 Å². The van der Waals surface area contributed by atoms with Gasteiger partial charge in [-0.05, 0) is 45.9 Å². The molecule has 1 aliphatic rings. The van der Waals surface area contributed by atoms with Gasteiger partial charge in [0.2, 0.25) is 0 Å². The maximum absolute atomic E-state index is 12.5. The Bertz CT molecular complexity index is 632. The normalized spacial score (nSPS) is 17.2. The summed E-state index contributed by atoms with van der Waals surface area (Å²) in [6, 6.07) is 1.84. The molecule has 0 saturated carbocycles. The first-order valence-corrected chi connectivity index (χ1v) is 8.52. The van der Waals surface area contributed by atoms with Crippen molar-refractivity contribution in [1.29, 1.82) is 0 Å². The zero-order valence-electron chi connectivity index (χ0n) is 15.0. The third kappa shape index (κ3) is 5.24. The van der Waals surface area contributed by atoms with Crippen LogP contribution >= 0.6 is 0 Å². The van der Waals surface area contributed by atoms with E-state index in [2.05, 4.69) is 38.5 Å². The number of carbonyl (C=O) groups is 1. The molecule has 4 nitrogen and oxygen atoms in total. The highest BCUT2D eigenvalue weighted by Gasteiger charge is 2.21. The molecular formula is C20H28N2O2. The van der Waals surface area contributed by atoms with Gasteiger partial charge in [-0.3, -0.25) is 4.79 Å². The van der Waals surface area contributed by atoms with Gasteiger partial charge in [0.25, 0.3) is 5.91 Å². The highest BCUT2D eigenvalue weighted by Crippen LogP contribution is 2.17. The Balaban J connectivity index is 1.93. The first-order valence-electron chi connectivity index (χ1n) is 8.52. The molecule has 0 spiro atoms. The van der Waals surface area contributed by atoms with E-state index in [1.165, 1.54) is 11.1 Å². The Labute approximate surface area is 145 Å². The second-order valence-electron chi connectivity index (χ2n) is 6.51. The molecule has 1 aliphatic heterocycles. The standard InChI is InChI=1S/C20H28N2O2/c1-5-16(2)7-6-8-17(3)13-19-14-18(15-24-19)20(23)22-11-9-21(4)10-12-22/h5,7,13-15H,1,6,8-12H2,2-4H3/b16-7-,17-13+. The van der Waals surface area contributed by atoms with Gasteiger partial charge in [0.05, 0.1) is 5.56 Å². The molecule has 0 radical (unpaired) electrons. The topological polar surface area (TPSA) is 36.7 Å². The van der Waals surface area contributed by atoms with Crippen molar-refractivity contribution in [2.45, 2.75) is 26.7 Å². The summed E-state index contributed by atoms with van der Waals surface area (Å²) in [6.07, 6.45) is 9.57. The molecule has 1 aromatic rings. The minimum atomic E-state index is 0.0636. The van der Waals surface area contributed by atoms with Crippen molar-refractivity contribution in [1.82, 2.24) is 9.80 Å². The number of hydrogen-bond donors (Lipinski definition) is 0. The number of rotatable bonds is 6. The Hall–Kier alpha value is -2.07. The van der Waals surface area contributed by atoms with Crippen LogP contribution in [0.3, 0.4) is 0 Å². The second-order valence-corrected chi connectivity index (χ2v) is 6.51. The van der Waals surface area contributed by atoms with Crippen molar-refractivity contribution < 1.29 is 9.21 Å². The molecule has 0 aliphatic carbocycles. The van der Waals surface area contributed by atoms with E-state index in [1.54, 1.807) is 6.26 Å². The summed E-state index contributed by atoms with van der Waals surface area (Å²) >= 11 is 0. The molecule has 0 N–H and O–H groups in total. The van der Waals surface area contributed by atoms with Crippen LogP contribution in [0.15, 0.2) is 46.6 Å². The van der Waals surface area contributed by atoms with Gasteiger partial charge in [-0.1, -0.05) is 29.9 Å². The van der Waals surface area contributed by atoms with Crippen LogP contribution in [-0.4, -0.2) is 48.9 Å². The second kappa shape index (κ2) is 8.69. The summed E-state index contributed by atoms with van der Waals surface area (Å²) in [6.45, 7) is 11.3. The molecule has 1 amide bonds. The van der Waals surface area contributed by atoms with Gasteiger partial charge in [0, 0.05) is 26.2 Å². The third-order valence-corrected chi connectivity index (χ3v) is 4.37. The number of allylic oxidation sites excluding steroid dienone is 4. The van der Waals surface area contributed by atoms with E-state index < -0.39 is 0 Å². The zero-order valence-corrected chi connectivity index (χ0v) is 15.0. The maximum Gasteiger partial charge on any atom is 0.257 e. The van der Waals surface area contributed by atoms with Crippen LogP contribution in [0.4, 0.5) is 0 Å². The van der Waals surface area contributed by atoms with Crippen LogP contribution < -0.4 is 0 Å². The molecule has 0 aromatic carbocycles. The lowest BCUT2D eigenvalue weighted by atomic mass is 10.1. The van der Waals surface area contributed by atoms with Crippen LogP contribution in [-0.2, 0) is 0 Å². The third-order valence-electron chi connectivity index (χ3n) is 4.37. The van der Waals surface area contributed by atoms with Crippen LogP contribution in [0.25, 0.3) is 6.08 Å². The maximum atomic E-state index is 12.5. The summed E-state index contributed by atoms with van der Waals surface area (Å²) in [7, 11) is 2.08. The summed E-state index contributed by atoms with van der Waals surface area (Å²) in [4.78, 5) is 16.6. The highest BCUT2D eigenvalue weighted by molar-refractivity contribution is 5.94. The molecule has 130 valence electrons. The summed E-state index contributed by atoms with van der Waals surface area (Å²) in [5.74, 6) is 0.808. The predicted octanol–water partition coefficient (Wildman–Crippen LogP) is 3.98. The molecule has 4 heteroatoms. The average Bonchev–Trinajstić information content (AvgIpc) is 3.03. The van der Waals surface area contributed by atoms with Crippen molar-refractivity contribution in [3.8, 4) is 0 Å². The van der Waals surface area contributed by atoms with Gasteiger partial charge in [-0.25, -0.2) is 0 Å². The lowest BCUT2D eigenvalue weighted by Gasteiger charge is -2.32. The molecule has 0 unspecified atom stereocenters. The van der Waals surface area contributed by atoms with Crippen LogP contribution in [0, 0.1) is 0 Å². The number of hydrogen-bond acceptors (Lipinski definition) is 3. The molecule has 2 rings (SSSR count). The van der Waals surface area contributed by atoms with Gasteiger partial charge in [-0.2, -0.15) is 0 Å². The van der Waals surface area contributed by atoms with Crippen LogP contribution in [0.1, 0.15) is 42.8 Å². The monoisotopic (exact) mass is 328 g/mol. The number of nitrogens with zero attached hydrogens (tertiary/aromatic N) is 2. The minimum absolute atomic E-state index is 0.0636. The molecule has 0 bridgehead atoms. The smallest absolute Gasteiger partial charge is 0.257 e. The van der Waals surface area contributed by atoms with Crippen molar-refractivity contribution in [2.24, 2.45) is 0 Å². The van der Waals surface area contributed by atoms with E-state index >= 15 is 0 Å². The molecule has 24 heavy (non-hydrogen) atoms. The Morgan fingerprint density at radius 2 is 2.00 bits per heavy atom. The summed E-state index contributed by atoms with van der Waals surface area (Å²) in [5.41, 5.74) is 3.07. The van der Waals surface area contributed by atoms with Gasteiger partial charge in [-0.15, -0.1) is 0 Å². The Kier molecular flexibility index (Phi) is 6.62. The molecular weight excluding hydrogens is 300 g/mol. The largest absolute Gasteiger partial charge is 0.464 e. The summed E-state index contributed by atoms with van der Waals surface area (Å²) < 4.78 is 5.55. The zero-order chi connectivity index (χ0) is 17.5. The fraction of sp³-hybridized carbons (Fsp3) is 0.450. The molecule has 1 aromatic heterocycles.